The van der Waals surface area contributed by atoms with Crippen molar-refractivity contribution in [1.29, 1.82) is 0 Å². The summed E-state index contributed by atoms with van der Waals surface area (Å²) in [5.74, 6) is -3.51. The summed E-state index contributed by atoms with van der Waals surface area (Å²) in [6.07, 6.45) is -5.51. The number of aldehydes is 1. The van der Waals surface area contributed by atoms with Crippen molar-refractivity contribution in [3.05, 3.63) is 0 Å². The largest absolute Gasteiger partial charge is 0.490 e. The average Bonchev–Trinajstić information content (AvgIpc) is 2.30. The topological polar surface area (TPSA) is 258 Å². The summed E-state index contributed by atoms with van der Waals surface area (Å²) in [7, 11) is -17.0. The molecule has 0 saturated carbocycles. The smallest absolute Gasteiger partial charge is 0.385 e. The van der Waals surface area contributed by atoms with Gasteiger partial charge in [0.15, 0.2) is 12.4 Å². The Balaban J connectivity index is 4.83. The van der Waals surface area contributed by atoms with E-state index in [1.807, 2.05) is 0 Å². The molecule has 0 aliphatic heterocycles. The molecule has 0 aromatic rings. The van der Waals surface area contributed by atoms with Crippen LogP contribution in [0.25, 0.3) is 0 Å². The van der Waals surface area contributed by atoms with Crippen LogP contribution in [-0.2, 0) is 31.6 Å². The van der Waals surface area contributed by atoms with Crippen LogP contribution in [0.3, 0.4) is 0 Å². The van der Waals surface area contributed by atoms with Gasteiger partial charge in [-0.15, -0.1) is 0 Å². The normalized spacial score (nSPS) is 21.0. The van der Waals surface area contributed by atoms with E-state index in [0.29, 0.717) is 0 Å². The Morgan fingerprint density at radius 3 is 1.83 bits per heavy atom. The van der Waals surface area contributed by atoms with Gasteiger partial charge in [-0.2, -0.15) is 8.62 Å². The maximum absolute atomic E-state index is 11.2. The molecule has 8 N–H and O–H groups in total. The zero-order chi connectivity index (χ0) is 18.7. The molecule has 23 heavy (non-hydrogen) atoms. The molecule has 0 saturated heterocycles. The third-order valence-corrected chi connectivity index (χ3v) is 5.67. The van der Waals surface area contributed by atoms with Gasteiger partial charge >= 0.3 is 23.5 Å². The van der Waals surface area contributed by atoms with Gasteiger partial charge in [-0.3, -0.25) is 4.52 Å². The minimum Gasteiger partial charge on any atom is -0.385 e. The van der Waals surface area contributed by atoms with Crippen molar-refractivity contribution >= 4 is 29.8 Å². The minimum absolute atomic E-state index is 0.395. The third-order valence-electron chi connectivity index (χ3n) is 1.87. The number of aliphatic hydroxyl groups is 4. The van der Waals surface area contributed by atoms with Gasteiger partial charge in [0, 0.05) is 0 Å². The molecule has 4 unspecified atom stereocenters. The van der Waals surface area contributed by atoms with Gasteiger partial charge in [0.25, 0.3) is 0 Å². The van der Waals surface area contributed by atoms with Crippen LogP contribution in [0.15, 0.2) is 0 Å². The van der Waals surface area contributed by atoms with Crippen LogP contribution in [0.1, 0.15) is 0 Å². The first-order valence-corrected chi connectivity index (χ1v) is 9.59. The molecular formula is C5H13O15P3. The summed E-state index contributed by atoms with van der Waals surface area (Å²) in [4.78, 5) is 44.5. The highest BCUT2D eigenvalue weighted by atomic mass is 31.3. The molecule has 0 radical (unpaired) electrons. The maximum atomic E-state index is 11.2. The van der Waals surface area contributed by atoms with Crippen LogP contribution < -0.4 is 0 Å². The quantitative estimate of drug-likeness (QED) is 0.102. The first-order valence-electron chi connectivity index (χ1n) is 5.07. The highest BCUT2D eigenvalue weighted by Crippen LogP contribution is 2.66. The molecule has 0 aromatic carbocycles. The van der Waals surface area contributed by atoms with Crippen LogP contribution in [0, 0.1) is 0 Å². The van der Waals surface area contributed by atoms with E-state index in [-0.39, 0.29) is 0 Å². The van der Waals surface area contributed by atoms with Crippen molar-refractivity contribution in [3.8, 4) is 0 Å². The van der Waals surface area contributed by atoms with Gasteiger partial charge in [0.1, 0.15) is 6.10 Å². The number of hydrogen-bond acceptors (Lipinski definition) is 11. The van der Waals surface area contributed by atoms with Crippen molar-refractivity contribution in [1.82, 2.24) is 0 Å². The monoisotopic (exact) mass is 406 g/mol. The summed E-state index contributed by atoms with van der Waals surface area (Å²) >= 11 is 0. The number of hydrogen-bond donors (Lipinski definition) is 8. The lowest BCUT2D eigenvalue weighted by atomic mass is 10.1. The van der Waals surface area contributed by atoms with Gasteiger partial charge in [-0.25, -0.2) is 13.7 Å². The fraction of sp³-hybridized carbons (Fsp3) is 0.800. The molecule has 0 aromatic heterocycles. The Labute approximate surface area is 127 Å². The Kier molecular flexibility index (Phi) is 7.84. The molecule has 0 aliphatic rings. The lowest BCUT2D eigenvalue weighted by molar-refractivity contribution is -0.269. The number of carbonyl (C=O) groups excluding carboxylic acids is 1. The second-order valence-corrected chi connectivity index (χ2v) is 8.19. The lowest BCUT2D eigenvalue weighted by Crippen LogP contribution is -2.54. The number of aliphatic hydroxyl groups excluding tert-OH is 2. The van der Waals surface area contributed by atoms with Crippen LogP contribution >= 0.6 is 23.5 Å². The zero-order valence-corrected chi connectivity index (χ0v) is 13.4. The van der Waals surface area contributed by atoms with E-state index < -0.39 is 54.4 Å². The van der Waals surface area contributed by atoms with E-state index in [4.69, 9.17) is 34.9 Å². The van der Waals surface area contributed by atoms with Crippen molar-refractivity contribution in [2.45, 2.75) is 18.0 Å². The van der Waals surface area contributed by atoms with Crippen molar-refractivity contribution in [2.75, 3.05) is 6.61 Å². The van der Waals surface area contributed by atoms with E-state index in [2.05, 4.69) is 13.1 Å². The summed E-state index contributed by atoms with van der Waals surface area (Å²) in [5.41, 5.74) is 0. The van der Waals surface area contributed by atoms with Crippen molar-refractivity contribution < 1.29 is 71.6 Å². The van der Waals surface area contributed by atoms with Crippen molar-refractivity contribution in [3.63, 3.8) is 0 Å². The second-order valence-electron chi connectivity index (χ2n) is 3.77. The SMILES string of the molecule is O=CC(O)C(O)(O)C(O)COP(=O)(O)OP(=O)(O)OP(=O)(O)O. The number of rotatable bonds is 10. The molecule has 0 amide bonds. The Morgan fingerprint density at radius 1 is 0.957 bits per heavy atom. The van der Waals surface area contributed by atoms with E-state index in [9.17, 15) is 23.6 Å². The van der Waals surface area contributed by atoms with Crippen molar-refractivity contribution in [2.24, 2.45) is 0 Å². The molecule has 0 heterocycles. The predicted molar refractivity (Wildman–Crippen MR) is 65.1 cm³/mol. The van der Waals surface area contributed by atoms with Crippen LogP contribution in [0.4, 0.5) is 0 Å². The van der Waals surface area contributed by atoms with Gasteiger partial charge in [0.2, 0.25) is 5.79 Å². The third kappa shape index (κ3) is 8.54. The molecular weight excluding hydrogens is 393 g/mol. The molecule has 0 fully saturated rings. The van der Waals surface area contributed by atoms with Gasteiger partial charge in [-0.1, -0.05) is 0 Å². The standard InChI is InChI=1S/C5H13O15P3/c6-1-3(7)5(9,10)4(8)2-18-22(14,15)20-23(16,17)19-21(11,12)13/h1,3-4,7-10H,2H2,(H,14,15)(H,16,17)(H2,11,12,13). The molecule has 15 nitrogen and oxygen atoms in total. The Morgan fingerprint density at radius 2 is 1.43 bits per heavy atom. The number of phosphoric ester groups is 1. The molecule has 0 bridgehead atoms. The molecule has 138 valence electrons. The summed E-state index contributed by atoms with van der Waals surface area (Å²) < 4.78 is 43.0. The molecule has 0 aliphatic carbocycles. The summed E-state index contributed by atoms with van der Waals surface area (Å²) in [5, 5.41) is 36.3. The lowest BCUT2D eigenvalue weighted by Gasteiger charge is -2.29. The van der Waals surface area contributed by atoms with E-state index in [1.54, 1.807) is 0 Å². The van der Waals surface area contributed by atoms with E-state index in [0.717, 1.165) is 0 Å². The van der Waals surface area contributed by atoms with Gasteiger partial charge < -0.3 is 44.8 Å². The molecule has 18 heteroatoms. The fourth-order valence-corrected chi connectivity index (χ4v) is 3.91. The first kappa shape index (κ1) is 22.9. The highest BCUT2D eigenvalue weighted by molar-refractivity contribution is 7.66. The van der Waals surface area contributed by atoms with E-state index in [1.165, 1.54) is 0 Å². The molecule has 0 rings (SSSR count). The average molecular weight is 406 g/mol. The van der Waals surface area contributed by atoms with Gasteiger partial charge in [-0.05, 0) is 0 Å². The Hall–Kier alpha value is -0.0800. The van der Waals surface area contributed by atoms with Crippen LogP contribution in [0.5, 0.6) is 0 Å². The van der Waals surface area contributed by atoms with Crippen LogP contribution in [0.2, 0.25) is 0 Å². The highest BCUT2D eigenvalue weighted by Gasteiger charge is 2.44. The first-order chi connectivity index (χ1) is 10.0. The van der Waals surface area contributed by atoms with Gasteiger partial charge in [0.05, 0.1) is 6.61 Å². The minimum atomic E-state index is -5.77. The van der Waals surface area contributed by atoms with E-state index >= 15 is 0 Å². The maximum Gasteiger partial charge on any atom is 0.490 e. The molecule has 0 spiro atoms. The zero-order valence-electron chi connectivity index (χ0n) is 10.7. The fourth-order valence-electron chi connectivity index (χ4n) is 0.888. The Bertz CT molecular complexity index is 549. The number of phosphoric acid groups is 3. The summed E-state index contributed by atoms with van der Waals surface area (Å²) in [6, 6.07) is 0. The predicted octanol–water partition coefficient (Wildman–Crippen LogP) is -3.07. The number of carbonyl (C=O) groups is 1. The summed E-state index contributed by atoms with van der Waals surface area (Å²) in [6.45, 7) is -1.53. The molecule has 4 atom stereocenters. The van der Waals surface area contributed by atoms with Crippen LogP contribution in [-0.4, -0.2) is 70.9 Å². The second kappa shape index (κ2) is 7.87.